The van der Waals surface area contributed by atoms with Gasteiger partial charge in [-0.3, -0.25) is 0 Å². The van der Waals surface area contributed by atoms with Gasteiger partial charge in [0, 0.05) is 0 Å². The van der Waals surface area contributed by atoms with Crippen LogP contribution in [0.25, 0.3) is 0 Å². The summed E-state index contributed by atoms with van der Waals surface area (Å²) in [5.74, 6) is 0. The van der Waals surface area contributed by atoms with Gasteiger partial charge in [0.05, 0.1) is 0 Å². The molecule has 1 nitrogen and oxygen atoms in total. The van der Waals surface area contributed by atoms with Gasteiger partial charge < -0.3 is 6.33 Å². The Morgan fingerprint density at radius 2 is 1.75 bits per heavy atom. The minimum Gasteiger partial charge on any atom is -1.00 e. The molecule has 0 aromatic heterocycles. The van der Waals surface area contributed by atoms with Gasteiger partial charge in [-0.1, -0.05) is 14.4 Å². The van der Waals surface area contributed by atoms with Crippen molar-refractivity contribution in [3.63, 3.8) is 0 Å². The van der Waals surface area contributed by atoms with E-state index in [0.717, 1.165) is 0 Å². The zero-order chi connectivity index (χ0) is 4.99. The Balaban J connectivity index is -0.0000000417. The summed E-state index contributed by atoms with van der Waals surface area (Å²) >= 11 is 0. The minimum absolute atomic E-state index is 0. The van der Waals surface area contributed by atoms with Gasteiger partial charge in [-0.2, -0.15) is 0 Å². The molecule has 0 bridgehead atoms. The summed E-state index contributed by atoms with van der Waals surface area (Å²) in [6.45, 7) is 3.39. The Morgan fingerprint density at radius 1 is 1.38 bits per heavy atom. The third-order valence-electron chi connectivity index (χ3n) is 0.671. The Morgan fingerprint density at radius 3 is 1.75 bits per heavy atom. The van der Waals surface area contributed by atoms with Crippen LogP contribution in [-0.4, -0.2) is 25.5 Å². The molecule has 0 aromatic rings. The molecule has 0 aromatic carbocycles. The number of rotatable bonds is 2. The smallest absolute Gasteiger partial charge is 1.00 e. The van der Waals surface area contributed by atoms with Gasteiger partial charge in [0.25, 0.3) is 0 Å². The van der Waals surface area contributed by atoms with Crippen molar-refractivity contribution in [3.05, 3.63) is 0 Å². The first kappa shape index (κ1) is 16.0. The Bertz CT molecular complexity index is 34.2. The first-order chi connectivity index (χ1) is 2.77. The van der Waals surface area contributed by atoms with Crippen LogP contribution in [0.4, 0.5) is 0 Å². The Hall–Kier alpha value is 0.960. The molecule has 48 valence electrons. The van der Waals surface area contributed by atoms with Crippen molar-refractivity contribution in [1.29, 1.82) is 0 Å². The van der Waals surface area contributed by atoms with Crippen molar-refractivity contribution >= 4 is 0 Å². The van der Waals surface area contributed by atoms with E-state index in [0.29, 0.717) is 0 Å². The molecule has 0 aliphatic carbocycles. The summed E-state index contributed by atoms with van der Waals surface area (Å²) in [5.41, 5.74) is 0. The van der Waals surface area contributed by atoms with E-state index in [4.69, 9.17) is 0 Å². The predicted molar refractivity (Wildman–Crippen MR) is 36.7 cm³/mol. The van der Waals surface area contributed by atoms with Crippen LogP contribution >= 0.6 is 0 Å². The van der Waals surface area contributed by atoms with Crippen LogP contribution in [0.15, 0.2) is 0 Å². The van der Waals surface area contributed by atoms with E-state index < -0.39 is 0 Å². The summed E-state index contributed by atoms with van der Waals surface area (Å²) in [7, 11) is 4.17. The molecule has 2 heteroatoms. The molecular weight excluding hydrogens is 109 g/mol. The first-order valence-electron chi connectivity index (χ1n) is 2.42. The topological polar surface area (TPSA) is 3.24 Å². The first-order valence-corrected chi connectivity index (χ1v) is 2.42. The quantitative estimate of drug-likeness (QED) is 0.417. The van der Waals surface area contributed by atoms with Gasteiger partial charge >= 0.3 is 29.6 Å². The molecule has 0 radical (unpaired) electrons. The fourth-order valence-corrected chi connectivity index (χ4v) is 0.447. The van der Waals surface area contributed by atoms with Crippen LogP contribution in [-0.2, 0) is 0 Å². The fourth-order valence-electron chi connectivity index (χ4n) is 0.447. The molecule has 0 heterocycles. The summed E-state index contributed by atoms with van der Waals surface area (Å²) < 4.78 is 0. The largest absolute Gasteiger partial charge is 1.00 e. The molecule has 0 spiro atoms. The molecule has 0 amide bonds. The monoisotopic (exact) mass is 127 g/mol. The van der Waals surface area contributed by atoms with Crippen LogP contribution in [0.1, 0.15) is 22.2 Å². The molecule has 0 rings (SSSR count). The summed E-state index contributed by atoms with van der Waals surface area (Å²) in [5, 5.41) is 0. The van der Waals surface area contributed by atoms with Crippen molar-refractivity contribution in [2.75, 3.05) is 20.6 Å². The molecule has 8 heavy (non-hydrogen) atoms. The van der Waals surface area contributed by atoms with Crippen molar-refractivity contribution in [3.8, 4) is 0 Å². The summed E-state index contributed by atoms with van der Waals surface area (Å²) in [6, 6.07) is 0. The number of nitrogens with zero attached hydrogens (tertiary/aromatic N) is 1. The SMILES string of the molecule is C.CCCN(C)C.[H-].[Na+]. The molecular formula is C6H18NNa. The van der Waals surface area contributed by atoms with Gasteiger partial charge in [-0.25, -0.2) is 0 Å². The average molecular weight is 127 g/mol. The summed E-state index contributed by atoms with van der Waals surface area (Å²) in [6.07, 6.45) is 1.26. The van der Waals surface area contributed by atoms with Crippen molar-refractivity contribution in [2.24, 2.45) is 0 Å². The van der Waals surface area contributed by atoms with E-state index in [2.05, 4.69) is 25.9 Å². The number of hydrogen-bond donors (Lipinski definition) is 0. The maximum absolute atomic E-state index is 2.18. The Kier molecular flexibility index (Phi) is 21.7. The molecule has 0 saturated heterocycles. The molecule has 0 atom stereocenters. The molecule has 0 aliphatic heterocycles. The molecule has 0 N–H and O–H groups in total. The zero-order valence-electron chi connectivity index (χ0n) is 6.86. The van der Waals surface area contributed by atoms with Crippen molar-refractivity contribution < 1.29 is 31.0 Å². The molecule has 0 unspecified atom stereocenters. The van der Waals surface area contributed by atoms with Crippen LogP contribution in [0.3, 0.4) is 0 Å². The van der Waals surface area contributed by atoms with Crippen LogP contribution in [0.2, 0.25) is 0 Å². The minimum atomic E-state index is 0. The van der Waals surface area contributed by atoms with E-state index in [9.17, 15) is 0 Å². The van der Waals surface area contributed by atoms with Crippen molar-refractivity contribution in [1.82, 2.24) is 4.90 Å². The van der Waals surface area contributed by atoms with Crippen LogP contribution in [0.5, 0.6) is 0 Å². The molecule has 0 fully saturated rings. The maximum Gasteiger partial charge on any atom is 1.00 e. The van der Waals surface area contributed by atoms with E-state index >= 15 is 0 Å². The van der Waals surface area contributed by atoms with E-state index in [-0.39, 0.29) is 38.4 Å². The van der Waals surface area contributed by atoms with E-state index in [1.165, 1.54) is 13.0 Å². The van der Waals surface area contributed by atoms with Gasteiger partial charge in [0.2, 0.25) is 0 Å². The summed E-state index contributed by atoms with van der Waals surface area (Å²) in [4.78, 5) is 2.18. The standard InChI is InChI=1S/C5H13N.CH4.Na.H/c1-4-5-6(2)3;;;/h4-5H2,1-3H3;1H4;;/q;;+1;-1. The Labute approximate surface area is 77.2 Å². The van der Waals surface area contributed by atoms with Crippen LogP contribution < -0.4 is 29.6 Å². The second-order valence-corrected chi connectivity index (χ2v) is 1.80. The molecule has 0 aliphatic rings. The third kappa shape index (κ3) is 15.8. The average Bonchev–Trinajstić information content (AvgIpc) is 1.35. The molecule has 0 saturated carbocycles. The van der Waals surface area contributed by atoms with Gasteiger partial charge in [-0.15, -0.1) is 0 Å². The van der Waals surface area contributed by atoms with Gasteiger partial charge in [-0.05, 0) is 27.1 Å². The van der Waals surface area contributed by atoms with Crippen LogP contribution in [0, 0.1) is 0 Å². The predicted octanol–water partition coefficient (Wildman–Crippen LogP) is -1.29. The van der Waals surface area contributed by atoms with E-state index in [1.54, 1.807) is 0 Å². The second-order valence-electron chi connectivity index (χ2n) is 1.80. The third-order valence-corrected chi connectivity index (χ3v) is 0.671. The maximum atomic E-state index is 2.18. The van der Waals surface area contributed by atoms with Gasteiger partial charge in [0.1, 0.15) is 0 Å². The normalized spacial score (nSPS) is 7.50. The van der Waals surface area contributed by atoms with Crippen molar-refractivity contribution in [2.45, 2.75) is 20.8 Å². The second kappa shape index (κ2) is 10.9. The number of hydrogen-bond acceptors (Lipinski definition) is 1. The van der Waals surface area contributed by atoms with E-state index in [1.807, 2.05) is 0 Å². The fraction of sp³-hybridized carbons (Fsp3) is 1.00. The van der Waals surface area contributed by atoms with Gasteiger partial charge in [0.15, 0.2) is 0 Å². The zero-order valence-corrected chi connectivity index (χ0v) is 7.86.